The van der Waals surface area contributed by atoms with E-state index < -0.39 is 0 Å². The zero-order valence-corrected chi connectivity index (χ0v) is 9.71. The number of nitrogens with zero attached hydrogens (tertiary/aromatic N) is 1. The molecule has 78 valence electrons. The Morgan fingerprint density at radius 3 is 2.73 bits per heavy atom. The van der Waals surface area contributed by atoms with Crippen molar-refractivity contribution in [3.63, 3.8) is 0 Å². The van der Waals surface area contributed by atoms with Crippen LogP contribution < -0.4 is 5.73 Å². The molecule has 2 rings (SSSR count). The van der Waals surface area contributed by atoms with E-state index in [1.807, 2.05) is 19.2 Å². The van der Waals surface area contributed by atoms with Crippen molar-refractivity contribution in [3.8, 4) is 0 Å². The zero-order valence-electron chi connectivity index (χ0n) is 8.90. The fraction of sp³-hybridized carbons (Fsp3) is 0.250. The Morgan fingerprint density at radius 2 is 2.13 bits per heavy atom. The molecule has 1 heterocycles. The lowest BCUT2D eigenvalue weighted by molar-refractivity contribution is 0.856. The maximum Gasteiger partial charge on any atom is 0.114 e. The van der Waals surface area contributed by atoms with Gasteiger partial charge in [-0.2, -0.15) is 0 Å². The SMILES string of the molecule is Cc1cccc(C(N)c2ncc(C)s2)c1. The third kappa shape index (κ3) is 2.25. The van der Waals surface area contributed by atoms with Gasteiger partial charge in [-0.3, -0.25) is 0 Å². The quantitative estimate of drug-likeness (QED) is 0.841. The third-order valence-corrected chi connectivity index (χ3v) is 3.30. The molecule has 0 saturated heterocycles. The van der Waals surface area contributed by atoms with Gasteiger partial charge in [0.05, 0.1) is 6.04 Å². The van der Waals surface area contributed by atoms with Gasteiger partial charge in [-0.1, -0.05) is 29.8 Å². The van der Waals surface area contributed by atoms with Gasteiger partial charge in [0.2, 0.25) is 0 Å². The number of aromatic nitrogens is 1. The predicted molar refractivity (Wildman–Crippen MR) is 64.1 cm³/mol. The molecule has 0 spiro atoms. The average Bonchev–Trinajstić information content (AvgIpc) is 2.64. The Balaban J connectivity index is 2.32. The van der Waals surface area contributed by atoms with Crippen LogP contribution in [0.15, 0.2) is 30.5 Å². The van der Waals surface area contributed by atoms with E-state index in [-0.39, 0.29) is 6.04 Å². The number of benzene rings is 1. The number of aryl methyl sites for hydroxylation is 2. The van der Waals surface area contributed by atoms with Crippen LogP contribution in [0.4, 0.5) is 0 Å². The number of nitrogens with two attached hydrogens (primary N) is 1. The molecule has 0 aliphatic heterocycles. The van der Waals surface area contributed by atoms with Crippen LogP contribution in [0.5, 0.6) is 0 Å². The summed E-state index contributed by atoms with van der Waals surface area (Å²) in [5, 5.41) is 0.984. The van der Waals surface area contributed by atoms with Crippen molar-refractivity contribution in [3.05, 3.63) is 51.5 Å². The summed E-state index contributed by atoms with van der Waals surface area (Å²) in [5.41, 5.74) is 8.51. The van der Waals surface area contributed by atoms with E-state index >= 15 is 0 Å². The van der Waals surface area contributed by atoms with Crippen molar-refractivity contribution in [2.75, 3.05) is 0 Å². The van der Waals surface area contributed by atoms with E-state index in [1.165, 1.54) is 10.4 Å². The summed E-state index contributed by atoms with van der Waals surface area (Å²) in [5.74, 6) is 0. The van der Waals surface area contributed by atoms with Crippen LogP contribution in [0.25, 0.3) is 0 Å². The molecule has 2 N–H and O–H groups in total. The summed E-state index contributed by atoms with van der Waals surface area (Å²) in [6.07, 6.45) is 1.87. The van der Waals surface area contributed by atoms with Crippen LogP contribution in [0.3, 0.4) is 0 Å². The molecule has 3 heteroatoms. The Labute approximate surface area is 93.8 Å². The first-order valence-corrected chi connectivity index (χ1v) is 5.73. The minimum Gasteiger partial charge on any atom is -0.318 e. The van der Waals surface area contributed by atoms with Gasteiger partial charge >= 0.3 is 0 Å². The molecule has 0 amide bonds. The maximum atomic E-state index is 6.15. The first kappa shape index (κ1) is 10.3. The van der Waals surface area contributed by atoms with E-state index in [4.69, 9.17) is 5.73 Å². The first-order valence-electron chi connectivity index (χ1n) is 4.91. The second-order valence-corrected chi connectivity index (χ2v) is 4.97. The monoisotopic (exact) mass is 218 g/mol. The van der Waals surface area contributed by atoms with Gasteiger partial charge in [-0.05, 0) is 19.4 Å². The van der Waals surface area contributed by atoms with Crippen LogP contribution in [0, 0.1) is 13.8 Å². The van der Waals surface area contributed by atoms with Gasteiger partial charge in [0, 0.05) is 11.1 Å². The maximum absolute atomic E-state index is 6.15. The Kier molecular flexibility index (Phi) is 2.84. The Morgan fingerprint density at radius 1 is 1.33 bits per heavy atom. The van der Waals surface area contributed by atoms with Gasteiger partial charge in [-0.25, -0.2) is 4.98 Å². The molecule has 1 aromatic heterocycles. The zero-order chi connectivity index (χ0) is 10.8. The molecule has 0 aliphatic rings. The smallest absolute Gasteiger partial charge is 0.114 e. The largest absolute Gasteiger partial charge is 0.318 e. The lowest BCUT2D eigenvalue weighted by atomic mass is 10.1. The van der Waals surface area contributed by atoms with Crippen LogP contribution in [-0.4, -0.2) is 4.98 Å². The number of rotatable bonds is 2. The highest BCUT2D eigenvalue weighted by Gasteiger charge is 2.11. The molecule has 1 unspecified atom stereocenters. The highest BCUT2D eigenvalue weighted by molar-refractivity contribution is 7.11. The average molecular weight is 218 g/mol. The van der Waals surface area contributed by atoms with Crippen molar-refractivity contribution in [2.45, 2.75) is 19.9 Å². The first-order chi connectivity index (χ1) is 7.16. The lowest BCUT2D eigenvalue weighted by Crippen LogP contribution is -2.11. The summed E-state index contributed by atoms with van der Waals surface area (Å²) in [6.45, 7) is 4.12. The van der Waals surface area contributed by atoms with E-state index in [2.05, 4.69) is 30.1 Å². The normalized spacial score (nSPS) is 12.7. The van der Waals surface area contributed by atoms with E-state index in [9.17, 15) is 0 Å². The van der Waals surface area contributed by atoms with E-state index in [0.29, 0.717) is 0 Å². The van der Waals surface area contributed by atoms with Crippen LogP contribution >= 0.6 is 11.3 Å². The second kappa shape index (κ2) is 4.13. The van der Waals surface area contributed by atoms with Gasteiger partial charge in [0.1, 0.15) is 5.01 Å². The minimum atomic E-state index is -0.0939. The standard InChI is InChI=1S/C12H14N2S/c1-8-4-3-5-10(6-8)11(13)12-14-7-9(2)15-12/h3-7,11H,13H2,1-2H3. The molecule has 1 atom stereocenters. The lowest BCUT2D eigenvalue weighted by Gasteiger charge is -2.09. The van der Waals surface area contributed by atoms with Crippen molar-refractivity contribution in [1.29, 1.82) is 0 Å². The van der Waals surface area contributed by atoms with Crippen LogP contribution in [0.2, 0.25) is 0 Å². The van der Waals surface area contributed by atoms with Crippen molar-refractivity contribution < 1.29 is 0 Å². The number of hydrogen-bond acceptors (Lipinski definition) is 3. The molecule has 1 aromatic carbocycles. The molecular weight excluding hydrogens is 204 g/mol. The molecule has 0 fully saturated rings. The van der Waals surface area contributed by atoms with Gasteiger partial charge < -0.3 is 5.73 Å². The summed E-state index contributed by atoms with van der Waals surface area (Å²) in [7, 11) is 0. The molecular formula is C12H14N2S. The van der Waals surface area contributed by atoms with Crippen molar-refractivity contribution in [2.24, 2.45) is 5.73 Å². The topological polar surface area (TPSA) is 38.9 Å². The Hall–Kier alpha value is -1.19. The molecule has 2 nitrogen and oxygen atoms in total. The van der Waals surface area contributed by atoms with Gasteiger partial charge in [-0.15, -0.1) is 11.3 Å². The fourth-order valence-electron chi connectivity index (χ4n) is 1.52. The fourth-order valence-corrected chi connectivity index (χ4v) is 2.33. The third-order valence-electron chi connectivity index (χ3n) is 2.31. The van der Waals surface area contributed by atoms with Crippen LogP contribution in [0.1, 0.15) is 27.1 Å². The molecule has 0 bridgehead atoms. The van der Waals surface area contributed by atoms with Gasteiger partial charge in [0.15, 0.2) is 0 Å². The molecule has 0 saturated carbocycles. The predicted octanol–water partition coefficient (Wildman–Crippen LogP) is 2.81. The second-order valence-electron chi connectivity index (χ2n) is 3.70. The summed E-state index contributed by atoms with van der Waals surface area (Å²) >= 11 is 1.66. The van der Waals surface area contributed by atoms with E-state index in [0.717, 1.165) is 10.6 Å². The summed E-state index contributed by atoms with van der Waals surface area (Å²) in [6, 6.07) is 8.17. The van der Waals surface area contributed by atoms with E-state index in [1.54, 1.807) is 11.3 Å². The molecule has 15 heavy (non-hydrogen) atoms. The van der Waals surface area contributed by atoms with Crippen molar-refractivity contribution in [1.82, 2.24) is 4.98 Å². The molecule has 0 radical (unpaired) electrons. The highest BCUT2D eigenvalue weighted by Crippen LogP contribution is 2.24. The van der Waals surface area contributed by atoms with Crippen molar-refractivity contribution >= 4 is 11.3 Å². The highest BCUT2D eigenvalue weighted by atomic mass is 32.1. The molecule has 2 aromatic rings. The number of hydrogen-bond donors (Lipinski definition) is 1. The Bertz CT molecular complexity index is 462. The van der Waals surface area contributed by atoms with Crippen LogP contribution in [-0.2, 0) is 0 Å². The number of thiazole rings is 1. The molecule has 0 aliphatic carbocycles. The van der Waals surface area contributed by atoms with Gasteiger partial charge in [0.25, 0.3) is 0 Å². The summed E-state index contributed by atoms with van der Waals surface area (Å²) in [4.78, 5) is 5.52. The minimum absolute atomic E-state index is 0.0939. The summed E-state index contributed by atoms with van der Waals surface area (Å²) < 4.78 is 0.